The molecule has 2 aromatic rings. The normalized spacial score (nSPS) is 15.2. The number of hydrogen-bond acceptors (Lipinski definition) is 3. The number of piperidine rings is 1. The second kappa shape index (κ2) is 12.0. The summed E-state index contributed by atoms with van der Waals surface area (Å²) in [5.74, 6) is -1.35. The molecule has 0 unspecified atom stereocenters. The van der Waals surface area contributed by atoms with Crippen molar-refractivity contribution in [2.24, 2.45) is 0 Å². The molecule has 7 heteroatoms. The predicted octanol–water partition coefficient (Wildman–Crippen LogP) is 5.21. The van der Waals surface area contributed by atoms with Crippen LogP contribution in [0.1, 0.15) is 49.3 Å². The number of likely N-dealkylation sites (tertiary alicyclic amines) is 1. The average Bonchev–Trinajstić information content (AvgIpc) is 2.72. The molecule has 0 atom stereocenters. The fourth-order valence-electron chi connectivity index (χ4n) is 3.70. The predicted molar refractivity (Wildman–Crippen MR) is 114 cm³/mol. The van der Waals surface area contributed by atoms with E-state index >= 15 is 0 Å². The highest BCUT2D eigenvalue weighted by Gasteiger charge is 2.24. The number of unbranched alkanes of at least 4 members (excludes halogenated alkanes) is 1. The van der Waals surface area contributed by atoms with Crippen LogP contribution in [-0.2, 0) is 9.53 Å². The fourth-order valence-corrected chi connectivity index (χ4v) is 3.70. The highest BCUT2D eigenvalue weighted by atomic mass is 35.5. The maximum absolute atomic E-state index is 13.4. The van der Waals surface area contributed by atoms with Crippen molar-refractivity contribution in [3.05, 3.63) is 71.3 Å². The summed E-state index contributed by atoms with van der Waals surface area (Å²) in [6.07, 6.45) is 3.23. The van der Waals surface area contributed by atoms with Crippen molar-refractivity contribution in [2.45, 2.75) is 44.3 Å². The molecule has 30 heavy (non-hydrogen) atoms. The minimum absolute atomic E-state index is 0. The zero-order valence-corrected chi connectivity index (χ0v) is 17.6. The van der Waals surface area contributed by atoms with Crippen LogP contribution in [0, 0.1) is 11.6 Å². The zero-order chi connectivity index (χ0) is 20.6. The molecule has 1 N–H and O–H groups in total. The Morgan fingerprint density at radius 3 is 1.93 bits per heavy atom. The molecule has 0 saturated carbocycles. The third-order valence-corrected chi connectivity index (χ3v) is 5.32. The van der Waals surface area contributed by atoms with Crippen LogP contribution in [0.5, 0.6) is 0 Å². The molecule has 0 bridgehead atoms. The number of carboxylic acid groups (broad SMARTS) is 1. The third kappa shape index (κ3) is 7.35. The van der Waals surface area contributed by atoms with Crippen LogP contribution in [0.2, 0.25) is 0 Å². The number of rotatable bonds is 9. The number of nitrogens with zero attached hydrogens (tertiary/aromatic N) is 1. The Morgan fingerprint density at radius 2 is 1.47 bits per heavy atom. The van der Waals surface area contributed by atoms with Crippen molar-refractivity contribution in [3.63, 3.8) is 0 Å². The second-order valence-corrected chi connectivity index (χ2v) is 7.51. The maximum atomic E-state index is 13.4. The third-order valence-electron chi connectivity index (χ3n) is 5.32. The van der Waals surface area contributed by atoms with Crippen LogP contribution in [0.3, 0.4) is 0 Å². The van der Waals surface area contributed by atoms with E-state index in [0.29, 0.717) is 6.42 Å². The lowest BCUT2D eigenvalue weighted by atomic mass is 9.99. The Kier molecular flexibility index (Phi) is 9.69. The summed E-state index contributed by atoms with van der Waals surface area (Å²) in [7, 11) is 0. The molecule has 164 valence electrons. The maximum Gasteiger partial charge on any atom is 0.303 e. The lowest BCUT2D eigenvalue weighted by Gasteiger charge is -2.34. The van der Waals surface area contributed by atoms with Crippen molar-refractivity contribution >= 4 is 18.4 Å². The molecule has 3 rings (SSSR count). The summed E-state index contributed by atoms with van der Waals surface area (Å²) < 4.78 is 33.1. The summed E-state index contributed by atoms with van der Waals surface area (Å²) in [6, 6.07) is 12.5. The number of aliphatic carboxylic acids is 1. The first kappa shape index (κ1) is 24.3. The number of carbonyl (C=O) groups is 1. The molecule has 0 aromatic heterocycles. The summed E-state index contributed by atoms with van der Waals surface area (Å²) in [5.41, 5.74) is 1.68. The van der Waals surface area contributed by atoms with Gasteiger partial charge in [0.2, 0.25) is 0 Å². The van der Waals surface area contributed by atoms with Crippen molar-refractivity contribution < 1.29 is 23.4 Å². The molecular formula is C23H28ClF2NO3. The van der Waals surface area contributed by atoms with Gasteiger partial charge < -0.3 is 14.7 Å². The van der Waals surface area contributed by atoms with Gasteiger partial charge in [-0.15, -0.1) is 12.4 Å². The van der Waals surface area contributed by atoms with Gasteiger partial charge in [-0.25, -0.2) is 8.78 Å². The van der Waals surface area contributed by atoms with Gasteiger partial charge in [-0.1, -0.05) is 24.3 Å². The molecule has 1 aliphatic heterocycles. The van der Waals surface area contributed by atoms with Gasteiger partial charge in [0.25, 0.3) is 0 Å². The van der Waals surface area contributed by atoms with E-state index < -0.39 is 5.97 Å². The first-order chi connectivity index (χ1) is 14.0. The Hall–Kier alpha value is -2.02. The molecule has 1 heterocycles. The lowest BCUT2D eigenvalue weighted by molar-refractivity contribution is -0.137. The Labute approximate surface area is 182 Å². The molecule has 0 aliphatic carbocycles. The van der Waals surface area contributed by atoms with Crippen LogP contribution in [0.15, 0.2) is 48.5 Å². The smallest absolute Gasteiger partial charge is 0.303 e. The van der Waals surface area contributed by atoms with Gasteiger partial charge in [0.05, 0.1) is 6.10 Å². The van der Waals surface area contributed by atoms with Crippen molar-refractivity contribution in [1.82, 2.24) is 4.90 Å². The van der Waals surface area contributed by atoms with Crippen molar-refractivity contribution in [2.75, 3.05) is 19.6 Å². The topological polar surface area (TPSA) is 49.8 Å². The average molecular weight is 440 g/mol. The number of halogens is 3. The van der Waals surface area contributed by atoms with E-state index in [0.717, 1.165) is 50.0 Å². The van der Waals surface area contributed by atoms with E-state index in [4.69, 9.17) is 9.84 Å². The standard InChI is InChI=1S/C23H27F2NO3.ClH/c24-19-8-4-17(5-9-19)23(18-6-10-20(25)11-7-18)29-21-12-15-26(16-13-21)14-2-1-3-22(27)28;/h4-11,21,23H,1-3,12-16H2,(H,27,28);1H. The minimum atomic E-state index is -0.746. The second-order valence-electron chi connectivity index (χ2n) is 7.51. The van der Waals surface area contributed by atoms with E-state index in [-0.39, 0.29) is 42.7 Å². The number of ether oxygens (including phenoxy) is 1. The number of benzene rings is 2. The zero-order valence-electron chi connectivity index (χ0n) is 16.8. The fraction of sp³-hybridized carbons (Fsp3) is 0.435. The molecule has 0 amide bonds. The Balaban J connectivity index is 0.00000320. The van der Waals surface area contributed by atoms with E-state index in [1.54, 1.807) is 24.3 Å². The number of hydrogen-bond donors (Lipinski definition) is 1. The number of carboxylic acids is 1. The SMILES string of the molecule is Cl.O=C(O)CCCCN1CCC(OC(c2ccc(F)cc2)c2ccc(F)cc2)CC1. The summed E-state index contributed by atoms with van der Waals surface area (Å²) >= 11 is 0. The minimum Gasteiger partial charge on any atom is -0.481 e. The van der Waals surface area contributed by atoms with E-state index in [2.05, 4.69) is 4.90 Å². The van der Waals surface area contributed by atoms with Gasteiger partial charge in [0.15, 0.2) is 0 Å². The van der Waals surface area contributed by atoms with E-state index in [1.807, 2.05) is 0 Å². The monoisotopic (exact) mass is 439 g/mol. The molecule has 1 fully saturated rings. The van der Waals surface area contributed by atoms with Gasteiger partial charge in [-0.05, 0) is 67.6 Å². The molecular weight excluding hydrogens is 412 g/mol. The summed E-state index contributed by atoms with van der Waals surface area (Å²) in [5, 5.41) is 8.72. The highest BCUT2D eigenvalue weighted by Crippen LogP contribution is 2.30. The van der Waals surface area contributed by atoms with Gasteiger partial charge in [0, 0.05) is 19.5 Å². The van der Waals surface area contributed by atoms with Crippen LogP contribution in [0.25, 0.3) is 0 Å². The van der Waals surface area contributed by atoms with Crippen LogP contribution < -0.4 is 0 Å². The quantitative estimate of drug-likeness (QED) is 0.545. The lowest BCUT2D eigenvalue weighted by Crippen LogP contribution is -2.38. The van der Waals surface area contributed by atoms with Gasteiger partial charge in [-0.3, -0.25) is 4.79 Å². The molecule has 1 aliphatic rings. The molecule has 0 spiro atoms. The Morgan fingerprint density at radius 1 is 0.967 bits per heavy atom. The van der Waals surface area contributed by atoms with Gasteiger partial charge in [0.1, 0.15) is 17.7 Å². The van der Waals surface area contributed by atoms with Gasteiger partial charge in [-0.2, -0.15) is 0 Å². The van der Waals surface area contributed by atoms with Crippen molar-refractivity contribution in [1.29, 1.82) is 0 Å². The summed E-state index contributed by atoms with van der Waals surface area (Å²) in [6.45, 7) is 2.70. The molecule has 0 radical (unpaired) electrons. The van der Waals surface area contributed by atoms with Crippen LogP contribution >= 0.6 is 12.4 Å². The largest absolute Gasteiger partial charge is 0.481 e. The molecule has 1 saturated heterocycles. The molecule has 4 nitrogen and oxygen atoms in total. The highest BCUT2D eigenvalue weighted by molar-refractivity contribution is 5.85. The van der Waals surface area contributed by atoms with E-state index in [9.17, 15) is 13.6 Å². The summed E-state index contributed by atoms with van der Waals surface area (Å²) in [4.78, 5) is 12.9. The first-order valence-electron chi connectivity index (χ1n) is 10.1. The Bertz CT molecular complexity index is 733. The van der Waals surface area contributed by atoms with Crippen LogP contribution in [0.4, 0.5) is 8.78 Å². The van der Waals surface area contributed by atoms with E-state index in [1.165, 1.54) is 24.3 Å². The van der Waals surface area contributed by atoms with Crippen molar-refractivity contribution in [3.8, 4) is 0 Å². The first-order valence-corrected chi connectivity index (χ1v) is 10.1. The molecule has 2 aromatic carbocycles. The van der Waals surface area contributed by atoms with Gasteiger partial charge >= 0.3 is 5.97 Å². The van der Waals surface area contributed by atoms with Crippen LogP contribution in [-0.4, -0.2) is 41.7 Å².